The second-order valence-corrected chi connectivity index (χ2v) is 2.90. The highest BCUT2D eigenvalue weighted by Gasteiger charge is 2.30. The van der Waals surface area contributed by atoms with Gasteiger partial charge in [0.2, 0.25) is 5.91 Å². The molecule has 0 fully saturated rings. The van der Waals surface area contributed by atoms with E-state index in [0.29, 0.717) is 0 Å². The second kappa shape index (κ2) is 3.16. The molecule has 1 aliphatic heterocycles. The van der Waals surface area contributed by atoms with Crippen molar-refractivity contribution in [2.75, 3.05) is 0 Å². The number of alkyl halides is 2. The van der Waals surface area contributed by atoms with E-state index in [0.717, 1.165) is 5.01 Å². The largest absolute Gasteiger partial charge is 0.278 e. The van der Waals surface area contributed by atoms with Gasteiger partial charge in [-0.3, -0.25) is 4.79 Å². The molecule has 0 bridgehead atoms. The van der Waals surface area contributed by atoms with E-state index in [-0.39, 0.29) is 24.1 Å². The number of carbonyl (C=O) groups excluding carboxylic acids is 1. The maximum atomic E-state index is 12.0. The van der Waals surface area contributed by atoms with E-state index >= 15 is 0 Å². The maximum Gasteiger partial charge on any atom is 0.278 e. The van der Waals surface area contributed by atoms with Crippen molar-refractivity contribution in [2.24, 2.45) is 5.10 Å². The summed E-state index contributed by atoms with van der Waals surface area (Å²) in [4.78, 5) is 11.0. The van der Waals surface area contributed by atoms with Gasteiger partial charge in [0.25, 0.3) is 6.43 Å². The van der Waals surface area contributed by atoms with E-state index in [1.54, 1.807) is 13.8 Å². The third-order valence-electron chi connectivity index (χ3n) is 1.57. The van der Waals surface area contributed by atoms with Crippen LogP contribution in [0.2, 0.25) is 0 Å². The lowest BCUT2D eigenvalue weighted by Crippen LogP contribution is -2.27. The fraction of sp³-hybridized carbons (Fsp3) is 0.714. The van der Waals surface area contributed by atoms with Gasteiger partial charge in [0, 0.05) is 6.04 Å². The van der Waals surface area contributed by atoms with Crippen molar-refractivity contribution in [1.82, 2.24) is 5.01 Å². The van der Waals surface area contributed by atoms with Gasteiger partial charge in [-0.2, -0.15) is 5.10 Å². The van der Waals surface area contributed by atoms with E-state index in [2.05, 4.69) is 5.10 Å². The Morgan fingerprint density at radius 2 is 2.08 bits per heavy atom. The van der Waals surface area contributed by atoms with Crippen molar-refractivity contribution in [3.63, 3.8) is 0 Å². The predicted molar refractivity (Wildman–Crippen MR) is 40.0 cm³/mol. The van der Waals surface area contributed by atoms with Crippen LogP contribution in [0.5, 0.6) is 0 Å². The summed E-state index contributed by atoms with van der Waals surface area (Å²) in [6, 6.07) is -0.145. The monoisotopic (exact) mass is 176 g/mol. The molecule has 0 aliphatic carbocycles. The van der Waals surface area contributed by atoms with E-state index in [1.165, 1.54) is 0 Å². The predicted octanol–water partition coefficient (Wildman–Crippen LogP) is 1.25. The summed E-state index contributed by atoms with van der Waals surface area (Å²) in [6.45, 7) is 3.46. The Hall–Kier alpha value is -1.00. The number of hydrogen-bond acceptors (Lipinski definition) is 2. The molecule has 0 aromatic heterocycles. The van der Waals surface area contributed by atoms with E-state index in [9.17, 15) is 13.6 Å². The number of carbonyl (C=O) groups is 1. The molecule has 0 aromatic carbocycles. The summed E-state index contributed by atoms with van der Waals surface area (Å²) in [7, 11) is 0. The molecule has 0 unspecified atom stereocenters. The normalized spacial score (nSPS) is 18.0. The molecule has 5 heteroatoms. The summed E-state index contributed by atoms with van der Waals surface area (Å²) >= 11 is 0. The average molecular weight is 176 g/mol. The van der Waals surface area contributed by atoms with Crippen molar-refractivity contribution in [2.45, 2.75) is 32.7 Å². The minimum absolute atomic E-state index is 0.145. The minimum atomic E-state index is -2.61. The number of hydrazone groups is 1. The van der Waals surface area contributed by atoms with Crippen LogP contribution >= 0.6 is 0 Å². The van der Waals surface area contributed by atoms with Gasteiger partial charge in [-0.15, -0.1) is 0 Å². The van der Waals surface area contributed by atoms with Crippen LogP contribution in [-0.4, -0.2) is 29.1 Å². The molecular weight excluding hydrogens is 166 g/mol. The van der Waals surface area contributed by atoms with Gasteiger partial charge in [-0.1, -0.05) is 0 Å². The van der Waals surface area contributed by atoms with Crippen LogP contribution in [0.25, 0.3) is 0 Å². The topological polar surface area (TPSA) is 32.7 Å². The number of hydrogen-bond donors (Lipinski definition) is 0. The van der Waals surface area contributed by atoms with Crippen LogP contribution < -0.4 is 0 Å². The Morgan fingerprint density at radius 1 is 1.50 bits per heavy atom. The van der Waals surface area contributed by atoms with Crippen LogP contribution in [0.3, 0.4) is 0 Å². The van der Waals surface area contributed by atoms with Crippen molar-refractivity contribution in [3.8, 4) is 0 Å². The molecule has 0 saturated heterocycles. The third-order valence-corrected chi connectivity index (χ3v) is 1.57. The number of amides is 1. The van der Waals surface area contributed by atoms with Crippen LogP contribution in [-0.2, 0) is 4.79 Å². The first-order valence-electron chi connectivity index (χ1n) is 3.70. The first kappa shape index (κ1) is 9.09. The Kier molecular flexibility index (Phi) is 2.40. The lowest BCUT2D eigenvalue weighted by molar-refractivity contribution is -0.130. The number of halogens is 2. The summed E-state index contributed by atoms with van der Waals surface area (Å²) in [6.07, 6.45) is -2.85. The molecule has 0 aromatic rings. The van der Waals surface area contributed by atoms with Gasteiger partial charge in [-0.05, 0) is 13.8 Å². The quantitative estimate of drug-likeness (QED) is 0.623. The molecule has 1 aliphatic rings. The molecule has 3 nitrogen and oxygen atoms in total. The first-order valence-corrected chi connectivity index (χ1v) is 3.70. The third kappa shape index (κ3) is 1.60. The van der Waals surface area contributed by atoms with Crippen LogP contribution in [0.15, 0.2) is 5.10 Å². The SMILES string of the molecule is CC(C)N1N=C(C(F)F)CC1=O. The van der Waals surface area contributed by atoms with Crippen molar-refractivity contribution < 1.29 is 13.6 Å². The van der Waals surface area contributed by atoms with Crippen molar-refractivity contribution >= 4 is 11.6 Å². The smallest absolute Gasteiger partial charge is 0.273 e. The van der Waals surface area contributed by atoms with Gasteiger partial charge in [0.15, 0.2) is 0 Å². The Balaban J connectivity index is 2.73. The van der Waals surface area contributed by atoms with E-state index < -0.39 is 6.43 Å². The van der Waals surface area contributed by atoms with Gasteiger partial charge < -0.3 is 0 Å². The molecule has 1 amide bonds. The van der Waals surface area contributed by atoms with Crippen LogP contribution in [0.4, 0.5) is 8.78 Å². The summed E-state index contributed by atoms with van der Waals surface area (Å²) in [5, 5.41) is 4.62. The van der Waals surface area contributed by atoms with Crippen LogP contribution in [0, 0.1) is 0 Å². The molecule has 1 heterocycles. The molecule has 0 spiro atoms. The zero-order valence-corrected chi connectivity index (χ0v) is 6.92. The van der Waals surface area contributed by atoms with Gasteiger partial charge in [0.05, 0.1) is 6.42 Å². The fourth-order valence-corrected chi connectivity index (χ4v) is 0.990. The maximum absolute atomic E-state index is 12.0. The van der Waals surface area contributed by atoms with Gasteiger partial charge in [0.1, 0.15) is 5.71 Å². The van der Waals surface area contributed by atoms with Crippen LogP contribution in [0.1, 0.15) is 20.3 Å². The molecule has 0 atom stereocenters. The zero-order valence-electron chi connectivity index (χ0n) is 6.92. The molecule has 1 rings (SSSR count). The molecular formula is C7H10F2N2O. The highest BCUT2D eigenvalue weighted by molar-refractivity contribution is 6.06. The van der Waals surface area contributed by atoms with Crippen molar-refractivity contribution in [1.29, 1.82) is 0 Å². The second-order valence-electron chi connectivity index (χ2n) is 2.90. The number of nitrogens with zero attached hydrogens (tertiary/aromatic N) is 2. The number of rotatable bonds is 2. The molecule has 0 N–H and O–H groups in total. The Bertz CT molecular complexity index is 225. The van der Waals surface area contributed by atoms with Gasteiger partial charge >= 0.3 is 0 Å². The Labute approximate surface area is 69.0 Å². The highest BCUT2D eigenvalue weighted by Crippen LogP contribution is 2.15. The molecule has 12 heavy (non-hydrogen) atoms. The Morgan fingerprint density at radius 3 is 2.33 bits per heavy atom. The van der Waals surface area contributed by atoms with E-state index in [1.807, 2.05) is 0 Å². The average Bonchev–Trinajstić information content (AvgIpc) is 2.30. The molecule has 0 saturated carbocycles. The van der Waals surface area contributed by atoms with Gasteiger partial charge in [-0.25, -0.2) is 13.8 Å². The minimum Gasteiger partial charge on any atom is -0.273 e. The fourth-order valence-electron chi connectivity index (χ4n) is 0.990. The standard InChI is InChI=1S/C7H10F2N2O/c1-4(2)11-6(12)3-5(10-11)7(8)9/h4,7H,3H2,1-2H3. The van der Waals surface area contributed by atoms with E-state index in [4.69, 9.17) is 0 Å². The molecule has 68 valence electrons. The lowest BCUT2D eigenvalue weighted by atomic mass is 10.3. The molecule has 0 radical (unpaired) electrons. The first-order chi connectivity index (χ1) is 5.52. The van der Waals surface area contributed by atoms with Crippen molar-refractivity contribution in [3.05, 3.63) is 0 Å². The lowest BCUT2D eigenvalue weighted by Gasteiger charge is -2.15. The summed E-state index contributed by atoms with van der Waals surface area (Å²) < 4.78 is 24.1. The highest BCUT2D eigenvalue weighted by atomic mass is 19.3. The zero-order chi connectivity index (χ0) is 9.30. The summed E-state index contributed by atoms with van der Waals surface area (Å²) in [5.41, 5.74) is -0.325. The summed E-state index contributed by atoms with van der Waals surface area (Å²) in [5.74, 6) is -0.347.